The third-order valence-electron chi connectivity index (χ3n) is 7.48. The first-order valence-electron chi connectivity index (χ1n) is 15.5. The largest absolute Gasteiger partial charge is 0.399 e. The zero-order chi connectivity index (χ0) is 34.7. The van der Waals surface area contributed by atoms with Gasteiger partial charge in [0, 0.05) is 30.9 Å². The number of aliphatic hydroxyl groups is 1. The molecular weight excluding hydrogens is 628 g/mol. The number of anilines is 1. The van der Waals surface area contributed by atoms with Gasteiger partial charge in [0.15, 0.2) is 0 Å². The number of nitrogens with zero attached hydrogens (tertiary/aromatic N) is 1. The van der Waals surface area contributed by atoms with Crippen LogP contribution in [0.25, 0.3) is 0 Å². The number of benzene rings is 3. The number of nitrogen functional groups attached to an aromatic ring is 1. The second-order valence-electron chi connectivity index (χ2n) is 12.3. The molecule has 3 aromatic carbocycles. The van der Waals surface area contributed by atoms with Crippen LogP contribution in [-0.2, 0) is 32.6 Å². The van der Waals surface area contributed by atoms with Gasteiger partial charge in [-0.3, -0.25) is 9.59 Å². The van der Waals surface area contributed by atoms with E-state index in [0.29, 0.717) is 5.69 Å². The summed E-state index contributed by atoms with van der Waals surface area (Å²) in [6.45, 7) is 6.45. The van der Waals surface area contributed by atoms with Crippen molar-refractivity contribution >= 4 is 27.5 Å². The van der Waals surface area contributed by atoms with Crippen molar-refractivity contribution in [1.29, 1.82) is 0 Å². The highest BCUT2D eigenvalue weighted by molar-refractivity contribution is 7.89. The molecule has 0 bridgehead atoms. The lowest BCUT2D eigenvalue weighted by molar-refractivity contribution is -0.130. The molecule has 3 aromatic rings. The highest BCUT2D eigenvalue weighted by Gasteiger charge is 2.33. The Kier molecular flexibility index (Phi) is 13.8. The lowest BCUT2D eigenvalue weighted by Gasteiger charge is -2.32. The van der Waals surface area contributed by atoms with Crippen LogP contribution in [0.3, 0.4) is 0 Å². The van der Waals surface area contributed by atoms with Gasteiger partial charge in [-0.1, -0.05) is 64.1 Å². The minimum absolute atomic E-state index is 0.0251. The van der Waals surface area contributed by atoms with Gasteiger partial charge in [-0.25, -0.2) is 17.2 Å². The van der Waals surface area contributed by atoms with Gasteiger partial charge in [-0.05, 0) is 60.2 Å². The van der Waals surface area contributed by atoms with Crippen LogP contribution in [0.15, 0.2) is 77.7 Å². The molecule has 0 aliphatic carbocycles. The molecule has 0 aromatic heterocycles. The molecule has 0 heterocycles. The summed E-state index contributed by atoms with van der Waals surface area (Å²) in [5.41, 5.74) is 6.75. The number of halogens is 2. The molecule has 0 unspecified atom stereocenters. The van der Waals surface area contributed by atoms with E-state index in [1.807, 2.05) is 44.2 Å². The fourth-order valence-corrected chi connectivity index (χ4v) is 6.61. The van der Waals surface area contributed by atoms with Crippen molar-refractivity contribution in [3.05, 3.63) is 95.6 Å². The first kappa shape index (κ1) is 37.5. The van der Waals surface area contributed by atoms with Gasteiger partial charge in [-0.2, -0.15) is 4.31 Å². The third kappa shape index (κ3) is 11.1. The summed E-state index contributed by atoms with van der Waals surface area (Å²) in [7, 11) is -4.03. The average Bonchev–Trinajstić information content (AvgIpc) is 3.01. The van der Waals surface area contributed by atoms with Gasteiger partial charge in [0.1, 0.15) is 17.7 Å². The molecule has 6 N–H and O–H groups in total. The molecule has 2 amide bonds. The Balaban J connectivity index is 1.77. The Morgan fingerprint density at radius 2 is 1.49 bits per heavy atom. The van der Waals surface area contributed by atoms with Crippen molar-refractivity contribution in [2.45, 2.75) is 63.7 Å². The number of carbonyl (C=O) groups is 2. The van der Waals surface area contributed by atoms with Gasteiger partial charge in [0.05, 0.1) is 23.6 Å². The molecule has 0 aliphatic rings. The number of aliphatic hydroxyl groups excluding tert-OH is 1. The lowest BCUT2D eigenvalue weighted by atomic mass is 9.98. The molecule has 0 radical (unpaired) electrons. The maximum absolute atomic E-state index is 14.0. The molecule has 256 valence electrons. The number of amides is 2. The maximum Gasteiger partial charge on any atom is 0.243 e. The fraction of sp³-hybridized carbons (Fsp3) is 0.412. The molecule has 0 saturated heterocycles. The molecule has 13 heteroatoms. The molecule has 3 atom stereocenters. The van der Waals surface area contributed by atoms with E-state index in [2.05, 4.69) is 16.0 Å². The van der Waals surface area contributed by atoms with E-state index in [0.717, 1.165) is 17.7 Å². The number of hydrogen-bond acceptors (Lipinski definition) is 7. The molecule has 0 fully saturated rings. The highest BCUT2D eigenvalue weighted by Crippen LogP contribution is 2.20. The number of nitrogens with two attached hydrogens (primary N) is 1. The van der Waals surface area contributed by atoms with Crippen molar-refractivity contribution < 1.29 is 31.9 Å². The number of hydrogen-bond donors (Lipinski definition) is 5. The van der Waals surface area contributed by atoms with E-state index >= 15 is 0 Å². The molecule has 3 rings (SSSR count). The summed E-state index contributed by atoms with van der Waals surface area (Å²) in [6, 6.07) is 16.4. The minimum atomic E-state index is -4.03. The SMILES string of the molecule is CC(C)CN(C[C@@H](O)[C@H](Cc1ccccc1)NC(=O)[C@@H](NC(=O)CNCc1c(F)cccc1F)C(C)C)S(=O)(=O)c1ccc(N)cc1. The van der Waals surface area contributed by atoms with Gasteiger partial charge in [0.2, 0.25) is 21.8 Å². The molecule has 0 spiro atoms. The van der Waals surface area contributed by atoms with E-state index < -0.39 is 51.7 Å². The average molecular weight is 674 g/mol. The summed E-state index contributed by atoms with van der Waals surface area (Å²) < 4.78 is 56.4. The van der Waals surface area contributed by atoms with Crippen LogP contribution in [0.4, 0.5) is 14.5 Å². The fourth-order valence-electron chi connectivity index (χ4n) is 4.99. The monoisotopic (exact) mass is 673 g/mol. The van der Waals surface area contributed by atoms with Crippen LogP contribution < -0.4 is 21.7 Å². The Morgan fingerprint density at radius 3 is 2.06 bits per heavy atom. The first-order valence-corrected chi connectivity index (χ1v) is 16.9. The summed E-state index contributed by atoms with van der Waals surface area (Å²) in [4.78, 5) is 26.4. The predicted octanol–water partition coefficient (Wildman–Crippen LogP) is 3.21. The lowest BCUT2D eigenvalue weighted by Crippen LogP contribution is -2.57. The van der Waals surface area contributed by atoms with Crippen molar-refractivity contribution in [2.24, 2.45) is 11.8 Å². The summed E-state index contributed by atoms with van der Waals surface area (Å²) >= 11 is 0. The first-order chi connectivity index (χ1) is 22.2. The molecule has 47 heavy (non-hydrogen) atoms. The zero-order valence-corrected chi connectivity index (χ0v) is 27.9. The van der Waals surface area contributed by atoms with Gasteiger partial charge in [-0.15, -0.1) is 0 Å². The maximum atomic E-state index is 14.0. The zero-order valence-electron chi connectivity index (χ0n) is 27.1. The Morgan fingerprint density at radius 1 is 0.872 bits per heavy atom. The van der Waals surface area contributed by atoms with Crippen LogP contribution in [-0.4, -0.2) is 67.5 Å². The topological polar surface area (TPSA) is 154 Å². The second-order valence-corrected chi connectivity index (χ2v) is 14.2. The number of nitrogens with one attached hydrogen (secondary N) is 3. The van der Waals surface area contributed by atoms with E-state index in [9.17, 15) is 31.9 Å². The van der Waals surface area contributed by atoms with Crippen molar-refractivity contribution in [1.82, 2.24) is 20.3 Å². The van der Waals surface area contributed by atoms with Crippen LogP contribution in [0.2, 0.25) is 0 Å². The van der Waals surface area contributed by atoms with Crippen molar-refractivity contribution in [3.8, 4) is 0 Å². The van der Waals surface area contributed by atoms with Crippen LogP contribution in [0, 0.1) is 23.5 Å². The molecule has 10 nitrogen and oxygen atoms in total. The highest BCUT2D eigenvalue weighted by atomic mass is 32.2. The minimum Gasteiger partial charge on any atom is -0.399 e. The van der Waals surface area contributed by atoms with Crippen LogP contribution >= 0.6 is 0 Å². The predicted molar refractivity (Wildman–Crippen MR) is 177 cm³/mol. The van der Waals surface area contributed by atoms with Gasteiger partial charge < -0.3 is 26.8 Å². The summed E-state index contributed by atoms with van der Waals surface area (Å²) in [5, 5.41) is 19.7. The van der Waals surface area contributed by atoms with Crippen molar-refractivity contribution in [3.63, 3.8) is 0 Å². The molecule has 0 aliphatic heterocycles. The quantitative estimate of drug-likeness (QED) is 0.138. The number of carbonyl (C=O) groups excluding carboxylic acids is 2. The normalized spacial score (nSPS) is 13.8. The van der Waals surface area contributed by atoms with E-state index in [1.54, 1.807) is 13.8 Å². The van der Waals surface area contributed by atoms with Gasteiger partial charge >= 0.3 is 0 Å². The van der Waals surface area contributed by atoms with E-state index in [4.69, 9.17) is 5.73 Å². The summed E-state index contributed by atoms with van der Waals surface area (Å²) in [5.74, 6) is -3.08. The summed E-state index contributed by atoms with van der Waals surface area (Å²) in [6.07, 6.45) is -1.15. The second kappa shape index (κ2) is 17.3. The van der Waals surface area contributed by atoms with E-state index in [1.165, 1.54) is 34.6 Å². The Bertz CT molecular complexity index is 1550. The van der Waals surface area contributed by atoms with Gasteiger partial charge in [0.25, 0.3) is 0 Å². The van der Waals surface area contributed by atoms with E-state index in [-0.39, 0.29) is 54.9 Å². The third-order valence-corrected chi connectivity index (χ3v) is 9.33. The standard InChI is InChI=1S/C34H45F2N5O5S/c1-22(2)20-41(47(45,46)26-15-13-25(37)14-16-26)21-31(42)30(17-24-9-6-5-7-10-24)39-34(44)33(23(3)4)40-32(43)19-38-18-27-28(35)11-8-12-29(27)36/h5-16,22-23,30-31,33,38,42H,17-21,37H2,1-4H3,(H,39,44)(H,40,43)/t30-,31+,33-/m0/s1. The molecular formula is C34H45F2N5O5S. The molecule has 0 saturated carbocycles. The van der Waals surface area contributed by atoms with Crippen LogP contribution in [0.5, 0.6) is 0 Å². The Hall–Kier alpha value is -3.91. The van der Waals surface area contributed by atoms with Crippen LogP contribution in [0.1, 0.15) is 38.8 Å². The number of sulfonamides is 1. The Labute approximate surface area is 275 Å². The number of rotatable bonds is 17. The van der Waals surface area contributed by atoms with Crippen molar-refractivity contribution in [2.75, 3.05) is 25.4 Å². The smallest absolute Gasteiger partial charge is 0.243 e.